The molecule has 0 spiro atoms. The first-order valence-corrected chi connectivity index (χ1v) is 12.0. The van der Waals surface area contributed by atoms with Gasteiger partial charge in [0, 0.05) is 17.9 Å². The number of nitrogens with zero attached hydrogens (tertiary/aromatic N) is 2. The van der Waals surface area contributed by atoms with Crippen LogP contribution in [-0.2, 0) is 17.5 Å². The van der Waals surface area contributed by atoms with Crippen molar-refractivity contribution in [3.05, 3.63) is 87.9 Å². The normalized spacial score (nSPS) is 11.2. The first-order chi connectivity index (χ1) is 19.0. The lowest BCUT2D eigenvalue weighted by atomic mass is 10.2. The zero-order valence-corrected chi connectivity index (χ0v) is 21.3. The summed E-state index contributed by atoms with van der Waals surface area (Å²) in [5, 5.41) is 4.68. The van der Waals surface area contributed by atoms with Crippen molar-refractivity contribution in [3.8, 4) is 11.5 Å². The highest BCUT2D eigenvalue weighted by Gasteiger charge is 2.33. The zero-order valence-electron chi connectivity index (χ0n) is 20.5. The first-order valence-electron chi connectivity index (χ1n) is 11.6. The third kappa shape index (κ3) is 7.20. The number of halogens is 4. The van der Waals surface area contributed by atoms with Crippen LogP contribution in [0.2, 0.25) is 5.02 Å². The Hall–Kier alpha value is -4.78. The van der Waals surface area contributed by atoms with Gasteiger partial charge < -0.3 is 25.8 Å². The van der Waals surface area contributed by atoms with E-state index in [1.165, 1.54) is 29.1 Å². The molecular weight excluding hydrogens is 555 g/mol. The molecule has 3 amide bonds. The van der Waals surface area contributed by atoms with Crippen LogP contribution >= 0.6 is 11.6 Å². The average molecular weight is 576 g/mol. The van der Waals surface area contributed by atoms with Crippen molar-refractivity contribution in [2.75, 3.05) is 17.2 Å². The second-order valence-electron chi connectivity index (χ2n) is 8.34. The molecule has 0 aliphatic heterocycles. The average Bonchev–Trinajstić information content (AvgIpc) is 2.89. The third-order valence-electron chi connectivity index (χ3n) is 5.46. The fourth-order valence-electron chi connectivity index (χ4n) is 3.62. The fraction of sp³-hybridized carbons (Fsp3) is 0.154. The lowest BCUT2D eigenvalue weighted by molar-refractivity contribution is -0.137. The van der Waals surface area contributed by atoms with E-state index >= 15 is 0 Å². The Labute approximate surface area is 229 Å². The van der Waals surface area contributed by atoms with Crippen molar-refractivity contribution in [2.24, 2.45) is 5.73 Å². The van der Waals surface area contributed by atoms with Crippen LogP contribution in [0.3, 0.4) is 0 Å². The molecule has 4 N–H and O–H groups in total. The highest BCUT2D eigenvalue weighted by Crippen LogP contribution is 2.36. The van der Waals surface area contributed by atoms with Gasteiger partial charge in [-0.05, 0) is 67.1 Å². The molecule has 0 fully saturated rings. The van der Waals surface area contributed by atoms with Crippen LogP contribution < -0.4 is 26.7 Å². The van der Waals surface area contributed by atoms with Crippen LogP contribution in [-0.4, -0.2) is 28.3 Å². The predicted octanol–water partition coefficient (Wildman–Crippen LogP) is 5.99. The van der Waals surface area contributed by atoms with E-state index in [0.29, 0.717) is 34.5 Å². The quantitative estimate of drug-likeness (QED) is 0.221. The molecule has 0 saturated carbocycles. The van der Waals surface area contributed by atoms with E-state index in [4.69, 9.17) is 22.1 Å². The van der Waals surface area contributed by atoms with Gasteiger partial charge in [-0.1, -0.05) is 11.6 Å². The van der Waals surface area contributed by atoms with Crippen molar-refractivity contribution in [2.45, 2.75) is 19.1 Å². The summed E-state index contributed by atoms with van der Waals surface area (Å²) in [5.41, 5.74) is 4.29. The molecule has 0 unspecified atom stereocenters. The molecule has 0 radical (unpaired) electrons. The third-order valence-corrected chi connectivity index (χ3v) is 5.79. The van der Waals surface area contributed by atoms with Crippen molar-refractivity contribution in [3.63, 3.8) is 0 Å². The molecule has 1 aromatic heterocycles. The van der Waals surface area contributed by atoms with Gasteiger partial charge in [0.05, 0.1) is 34.4 Å². The first kappa shape index (κ1) is 28.2. The molecule has 14 heteroatoms. The molecule has 0 bridgehead atoms. The SMILES string of the molecule is NC(=O)OCCCn1cnc2ccc(Oc3ccc(NC(=O)Nc4ccc(Cl)c(C(F)(F)F)c4)cc3)cc2c1=O. The molecule has 0 saturated heterocycles. The molecule has 4 aromatic rings. The van der Waals surface area contributed by atoms with Crippen molar-refractivity contribution < 1.29 is 32.2 Å². The summed E-state index contributed by atoms with van der Waals surface area (Å²) >= 11 is 5.60. The van der Waals surface area contributed by atoms with Crippen molar-refractivity contribution in [1.82, 2.24) is 9.55 Å². The minimum Gasteiger partial charge on any atom is -0.457 e. The van der Waals surface area contributed by atoms with E-state index in [9.17, 15) is 27.6 Å². The fourth-order valence-corrected chi connectivity index (χ4v) is 3.85. The van der Waals surface area contributed by atoms with Crippen LogP contribution in [0.1, 0.15) is 12.0 Å². The number of aromatic nitrogens is 2. The van der Waals surface area contributed by atoms with Crippen LogP contribution in [0, 0.1) is 0 Å². The topological polar surface area (TPSA) is 138 Å². The van der Waals surface area contributed by atoms with E-state index < -0.39 is 28.9 Å². The smallest absolute Gasteiger partial charge is 0.417 e. The zero-order chi connectivity index (χ0) is 28.9. The molecule has 208 valence electrons. The second kappa shape index (κ2) is 11.9. The highest BCUT2D eigenvalue weighted by molar-refractivity contribution is 6.31. The number of primary amides is 1. The largest absolute Gasteiger partial charge is 0.457 e. The number of aryl methyl sites for hydroxylation is 1. The van der Waals surface area contributed by atoms with Gasteiger partial charge in [-0.2, -0.15) is 13.2 Å². The number of anilines is 2. The van der Waals surface area contributed by atoms with Crippen LogP contribution in [0.15, 0.2) is 71.8 Å². The molecule has 3 aromatic carbocycles. The number of hydrogen-bond acceptors (Lipinski definition) is 6. The Kier molecular flexibility index (Phi) is 8.43. The van der Waals surface area contributed by atoms with Gasteiger partial charge in [0.25, 0.3) is 5.56 Å². The Balaban J connectivity index is 1.39. The monoisotopic (exact) mass is 575 g/mol. The van der Waals surface area contributed by atoms with Gasteiger partial charge in [-0.25, -0.2) is 14.6 Å². The molecular formula is C26H21ClF3N5O5. The number of rotatable bonds is 8. The molecule has 10 nitrogen and oxygen atoms in total. The number of carbonyl (C=O) groups is 2. The van der Waals surface area contributed by atoms with Gasteiger partial charge in [0.1, 0.15) is 11.5 Å². The molecule has 0 aliphatic carbocycles. The van der Waals surface area contributed by atoms with E-state index in [1.807, 2.05) is 0 Å². The molecule has 40 heavy (non-hydrogen) atoms. The van der Waals surface area contributed by atoms with Gasteiger partial charge in [-0.15, -0.1) is 0 Å². The summed E-state index contributed by atoms with van der Waals surface area (Å²) < 4.78 is 51.0. The van der Waals surface area contributed by atoms with Gasteiger partial charge in [-0.3, -0.25) is 9.36 Å². The number of fused-ring (bicyclic) bond motifs is 1. The van der Waals surface area contributed by atoms with Crippen LogP contribution in [0.5, 0.6) is 11.5 Å². The predicted molar refractivity (Wildman–Crippen MR) is 142 cm³/mol. The number of urea groups is 1. The number of nitrogens with two attached hydrogens (primary N) is 1. The maximum atomic E-state index is 13.0. The summed E-state index contributed by atoms with van der Waals surface area (Å²) in [6, 6.07) is 13.3. The highest BCUT2D eigenvalue weighted by atomic mass is 35.5. The lowest BCUT2D eigenvalue weighted by Gasteiger charge is -2.13. The van der Waals surface area contributed by atoms with Crippen molar-refractivity contribution in [1.29, 1.82) is 0 Å². The lowest BCUT2D eigenvalue weighted by Crippen LogP contribution is -2.22. The van der Waals surface area contributed by atoms with Gasteiger partial charge in [0.15, 0.2) is 0 Å². The Morgan fingerprint density at radius 2 is 1.65 bits per heavy atom. The number of ether oxygens (including phenoxy) is 2. The van der Waals surface area contributed by atoms with E-state index in [-0.39, 0.29) is 24.4 Å². The number of hydrogen-bond donors (Lipinski definition) is 3. The van der Waals surface area contributed by atoms with E-state index in [0.717, 1.165) is 12.1 Å². The number of amides is 3. The minimum atomic E-state index is -4.67. The summed E-state index contributed by atoms with van der Waals surface area (Å²) in [6.45, 7) is 0.333. The number of carbonyl (C=O) groups excluding carboxylic acids is 2. The van der Waals surface area contributed by atoms with E-state index in [1.54, 1.807) is 30.3 Å². The maximum Gasteiger partial charge on any atom is 0.417 e. The molecule has 0 atom stereocenters. The second-order valence-corrected chi connectivity index (χ2v) is 8.75. The maximum absolute atomic E-state index is 13.0. The summed E-state index contributed by atoms with van der Waals surface area (Å²) in [5.74, 6) is 0.758. The van der Waals surface area contributed by atoms with Crippen LogP contribution in [0.4, 0.5) is 34.1 Å². The summed E-state index contributed by atoms with van der Waals surface area (Å²) in [4.78, 5) is 40.0. The van der Waals surface area contributed by atoms with E-state index in [2.05, 4.69) is 20.4 Å². The number of alkyl halides is 3. The van der Waals surface area contributed by atoms with Gasteiger partial charge >= 0.3 is 18.3 Å². The molecule has 1 heterocycles. The van der Waals surface area contributed by atoms with Gasteiger partial charge in [0.2, 0.25) is 0 Å². The van der Waals surface area contributed by atoms with Crippen LogP contribution in [0.25, 0.3) is 10.9 Å². The number of nitrogens with one attached hydrogen (secondary N) is 2. The summed E-state index contributed by atoms with van der Waals surface area (Å²) in [6.07, 6.45) is -3.78. The minimum absolute atomic E-state index is 0.0651. The Morgan fingerprint density at radius 3 is 2.35 bits per heavy atom. The molecule has 0 aliphatic rings. The Bertz CT molecular complexity index is 1610. The molecule has 4 rings (SSSR count). The van der Waals surface area contributed by atoms with Crippen molar-refractivity contribution >= 4 is 46.0 Å². The Morgan fingerprint density at radius 1 is 0.975 bits per heavy atom. The number of benzene rings is 3. The summed E-state index contributed by atoms with van der Waals surface area (Å²) in [7, 11) is 0. The standard InChI is InChI=1S/C26H21ClF3N5O5/c27-21-8-4-16(12-20(21)26(28,29)30)34-25(38)33-15-2-5-17(6-3-15)40-18-7-9-22-19(13-18)23(36)35(14-32-22)10-1-11-39-24(31)37/h2-9,12-14H,1,10-11H2,(H2,31,37)(H2,33,34,38).